The minimum Gasteiger partial charge on any atom is -0.390 e. The Kier molecular flexibility index (Phi) is 2.79. The highest BCUT2D eigenvalue weighted by Gasteiger charge is 2.34. The van der Waals surface area contributed by atoms with Crippen LogP contribution in [0.2, 0.25) is 0 Å². The summed E-state index contributed by atoms with van der Waals surface area (Å²) in [7, 11) is 0. The summed E-state index contributed by atoms with van der Waals surface area (Å²) < 4.78 is 7.42. The fourth-order valence-corrected chi connectivity index (χ4v) is 2.57. The fraction of sp³-hybridized carbons (Fsp3) is 0.500. The van der Waals surface area contributed by atoms with Crippen molar-refractivity contribution >= 4 is 11.0 Å². The molecular formula is C12H15N3O4. The lowest BCUT2D eigenvalue weighted by atomic mass is 10.1. The maximum atomic E-state index is 11.6. The zero-order valence-corrected chi connectivity index (χ0v) is 10.4. The van der Waals surface area contributed by atoms with Crippen LogP contribution in [0.5, 0.6) is 0 Å². The van der Waals surface area contributed by atoms with Crippen molar-refractivity contribution in [3.8, 4) is 0 Å². The van der Waals surface area contributed by atoms with E-state index in [1.165, 1.54) is 0 Å². The number of aromatic amines is 2. The van der Waals surface area contributed by atoms with Gasteiger partial charge in [0.15, 0.2) is 0 Å². The van der Waals surface area contributed by atoms with Crippen molar-refractivity contribution in [1.29, 1.82) is 0 Å². The summed E-state index contributed by atoms with van der Waals surface area (Å²) in [5.41, 5.74) is -0.561. The molecule has 3 rings (SSSR count). The van der Waals surface area contributed by atoms with E-state index >= 15 is 0 Å². The monoisotopic (exact) mass is 265 g/mol. The van der Waals surface area contributed by atoms with Gasteiger partial charge in [0.2, 0.25) is 0 Å². The molecular weight excluding hydrogens is 250 g/mol. The van der Waals surface area contributed by atoms with E-state index in [2.05, 4.69) is 9.97 Å². The summed E-state index contributed by atoms with van der Waals surface area (Å²) in [6, 6.07) is 1.62. The fourth-order valence-electron chi connectivity index (χ4n) is 2.57. The standard InChI is InChI=1S/C12H15N3O4/c1-2-8-7(16)5-9(19-8)15-4-3-6-10(15)13-12(18)14-11(6)17/h3-4,7-9,16H,2,5H2,1H3,(H2,13,14,17,18)/t7-,8-,9-/m1/s1. The van der Waals surface area contributed by atoms with Crippen molar-refractivity contribution < 1.29 is 9.84 Å². The molecule has 1 aliphatic heterocycles. The molecule has 0 radical (unpaired) electrons. The summed E-state index contributed by atoms with van der Waals surface area (Å²) in [5, 5.41) is 10.3. The third-order valence-electron chi connectivity index (χ3n) is 3.54. The first-order valence-electron chi connectivity index (χ1n) is 6.27. The van der Waals surface area contributed by atoms with Crippen LogP contribution in [0.4, 0.5) is 0 Å². The topological polar surface area (TPSA) is 100 Å². The van der Waals surface area contributed by atoms with Gasteiger partial charge in [0.25, 0.3) is 5.56 Å². The van der Waals surface area contributed by atoms with E-state index in [9.17, 15) is 14.7 Å². The number of fused-ring (bicyclic) bond motifs is 1. The highest BCUT2D eigenvalue weighted by atomic mass is 16.5. The summed E-state index contributed by atoms with van der Waals surface area (Å²) >= 11 is 0. The molecule has 0 aliphatic carbocycles. The lowest BCUT2D eigenvalue weighted by molar-refractivity contribution is -0.0181. The number of aliphatic hydroxyl groups is 1. The van der Waals surface area contributed by atoms with Crippen LogP contribution in [0.25, 0.3) is 11.0 Å². The number of nitrogens with zero attached hydrogens (tertiary/aromatic N) is 1. The lowest BCUT2D eigenvalue weighted by Crippen LogP contribution is -2.23. The predicted molar refractivity (Wildman–Crippen MR) is 68.0 cm³/mol. The van der Waals surface area contributed by atoms with E-state index in [1.807, 2.05) is 6.92 Å². The first-order valence-corrected chi connectivity index (χ1v) is 6.27. The third-order valence-corrected chi connectivity index (χ3v) is 3.54. The molecule has 3 heterocycles. The van der Waals surface area contributed by atoms with Gasteiger partial charge in [0, 0.05) is 12.6 Å². The number of H-pyrrole nitrogens is 2. The molecule has 2 aromatic heterocycles. The second kappa shape index (κ2) is 4.36. The molecule has 7 heteroatoms. The van der Waals surface area contributed by atoms with Crippen LogP contribution in [-0.2, 0) is 4.74 Å². The average Bonchev–Trinajstić information content (AvgIpc) is 2.92. The number of aromatic nitrogens is 3. The van der Waals surface area contributed by atoms with Gasteiger partial charge in [-0.3, -0.25) is 14.8 Å². The molecule has 1 aliphatic rings. The van der Waals surface area contributed by atoms with Gasteiger partial charge >= 0.3 is 5.69 Å². The van der Waals surface area contributed by atoms with Gasteiger partial charge in [0.1, 0.15) is 11.9 Å². The van der Waals surface area contributed by atoms with E-state index in [0.29, 0.717) is 23.9 Å². The molecule has 0 bridgehead atoms. The molecule has 2 aromatic rings. The molecule has 0 amide bonds. The largest absolute Gasteiger partial charge is 0.390 e. The minimum absolute atomic E-state index is 0.212. The van der Waals surface area contributed by atoms with Gasteiger partial charge in [-0.1, -0.05) is 6.92 Å². The Morgan fingerprint density at radius 1 is 1.47 bits per heavy atom. The Balaban J connectivity index is 2.07. The normalized spacial score (nSPS) is 27.2. The predicted octanol–water partition coefficient (Wildman–Crippen LogP) is 0.0763. The van der Waals surface area contributed by atoms with Crippen molar-refractivity contribution in [3.63, 3.8) is 0 Å². The lowest BCUT2D eigenvalue weighted by Gasteiger charge is -2.14. The Labute approximate surface area is 107 Å². The van der Waals surface area contributed by atoms with Gasteiger partial charge in [-0.15, -0.1) is 0 Å². The Morgan fingerprint density at radius 2 is 2.26 bits per heavy atom. The number of nitrogens with one attached hydrogen (secondary N) is 2. The van der Waals surface area contributed by atoms with Crippen LogP contribution >= 0.6 is 0 Å². The number of ether oxygens (including phenoxy) is 1. The molecule has 0 spiro atoms. The quantitative estimate of drug-likeness (QED) is 0.715. The molecule has 1 fully saturated rings. The molecule has 7 nitrogen and oxygen atoms in total. The smallest absolute Gasteiger partial charge is 0.327 e. The second-order valence-corrected chi connectivity index (χ2v) is 4.73. The number of hydrogen-bond donors (Lipinski definition) is 3. The van der Waals surface area contributed by atoms with Crippen LogP contribution in [0, 0.1) is 0 Å². The van der Waals surface area contributed by atoms with Crippen molar-refractivity contribution in [1.82, 2.24) is 14.5 Å². The summed E-state index contributed by atoms with van der Waals surface area (Å²) in [5.74, 6) is 0. The Hall–Kier alpha value is -1.86. The summed E-state index contributed by atoms with van der Waals surface area (Å²) in [6.45, 7) is 1.94. The molecule has 3 N–H and O–H groups in total. The molecule has 3 atom stereocenters. The van der Waals surface area contributed by atoms with E-state index in [0.717, 1.165) is 0 Å². The number of hydrogen-bond acceptors (Lipinski definition) is 4. The number of rotatable bonds is 2. The van der Waals surface area contributed by atoms with Gasteiger partial charge < -0.3 is 14.4 Å². The van der Waals surface area contributed by atoms with Gasteiger partial charge in [-0.25, -0.2) is 4.79 Å². The van der Waals surface area contributed by atoms with Crippen LogP contribution in [0.1, 0.15) is 26.0 Å². The first-order chi connectivity index (χ1) is 9.10. The summed E-state index contributed by atoms with van der Waals surface area (Å²) in [6.07, 6.45) is 1.74. The van der Waals surface area contributed by atoms with Crippen LogP contribution in [0.3, 0.4) is 0 Å². The Morgan fingerprint density at radius 3 is 2.95 bits per heavy atom. The highest BCUT2D eigenvalue weighted by molar-refractivity contribution is 5.74. The van der Waals surface area contributed by atoms with Crippen molar-refractivity contribution in [2.75, 3.05) is 0 Å². The molecule has 0 unspecified atom stereocenters. The summed E-state index contributed by atoms with van der Waals surface area (Å²) in [4.78, 5) is 27.7. The molecule has 102 valence electrons. The van der Waals surface area contributed by atoms with Crippen molar-refractivity contribution in [2.45, 2.75) is 38.2 Å². The molecule has 1 saturated heterocycles. The zero-order chi connectivity index (χ0) is 13.6. The van der Waals surface area contributed by atoms with Gasteiger partial charge in [-0.2, -0.15) is 0 Å². The maximum Gasteiger partial charge on any atom is 0.327 e. The van der Waals surface area contributed by atoms with E-state index in [1.54, 1.807) is 16.8 Å². The van der Waals surface area contributed by atoms with E-state index in [-0.39, 0.29) is 12.3 Å². The molecule has 0 saturated carbocycles. The SMILES string of the molecule is CC[C@H]1O[C@@H](n2ccc3c(=O)[nH]c(=O)[nH]c32)C[C@H]1O. The Bertz CT molecular complexity index is 714. The van der Waals surface area contributed by atoms with E-state index < -0.39 is 17.4 Å². The van der Waals surface area contributed by atoms with Crippen LogP contribution < -0.4 is 11.2 Å². The highest BCUT2D eigenvalue weighted by Crippen LogP contribution is 2.31. The number of aliphatic hydroxyl groups excluding tert-OH is 1. The minimum atomic E-state index is -0.553. The molecule has 19 heavy (non-hydrogen) atoms. The second-order valence-electron chi connectivity index (χ2n) is 4.73. The third kappa shape index (κ3) is 1.91. The van der Waals surface area contributed by atoms with Gasteiger partial charge in [-0.05, 0) is 12.5 Å². The maximum absolute atomic E-state index is 11.6. The van der Waals surface area contributed by atoms with Crippen LogP contribution in [-0.4, -0.2) is 31.8 Å². The van der Waals surface area contributed by atoms with E-state index in [4.69, 9.17) is 4.74 Å². The van der Waals surface area contributed by atoms with Crippen LogP contribution in [0.15, 0.2) is 21.9 Å². The van der Waals surface area contributed by atoms with Crippen molar-refractivity contribution in [2.24, 2.45) is 0 Å². The first kappa shape index (κ1) is 12.2. The molecule has 0 aromatic carbocycles. The zero-order valence-electron chi connectivity index (χ0n) is 10.4. The van der Waals surface area contributed by atoms with Crippen molar-refractivity contribution in [3.05, 3.63) is 33.1 Å². The van der Waals surface area contributed by atoms with Gasteiger partial charge in [0.05, 0.1) is 17.6 Å². The average molecular weight is 265 g/mol.